The first-order chi connectivity index (χ1) is 8.72. The molecular formula is C14H21NO3. The number of nitrogens with one attached hydrogen (secondary N) is 1. The number of hydrogen-bond donors (Lipinski definition) is 2. The van der Waals surface area contributed by atoms with E-state index in [0.29, 0.717) is 13.2 Å². The zero-order valence-corrected chi connectivity index (χ0v) is 11.0. The minimum absolute atomic E-state index is 0.0137. The zero-order valence-electron chi connectivity index (χ0n) is 11.0. The Balaban J connectivity index is 2.17. The molecule has 4 nitrogen and oxygen atoms in total. The number of rotatable bonds is 4. The van der Waals surface area contributed by atoms with Gasteiger partial charge in [0.15, 0.2) is 11.5 Å². The van der Waals surface area contributed by atoms with Crippen LogP contribution in [0.2, 0.25) is 0 Å². The maximum absolute atomic E-state index is 10.2. The average Bonchev–Trinajstić information content (AvgIpc) is 2.62. The molecule has 4 heteroatoms. The third-order valence-corrected chi connectivity index (χ3v) is 3.11. The molecule has 0 amide bonds. The Labute approximate surface area is 108 Å². The van der Waals surface area contributed by atoms with Gasteiger partial charge >= 0.3 is 0 Å². The fourth-order valence-electron chi connectivity index (χ4n) is 2.09. The zero-order chi connectivity index (χ0) is 13.0. The van der Waals surface area contributed by atoms with E-state index >= 15 is 0 Å². The largest absolute Gasteiger partial charge is 0.490 e. The molecule has 1 aliphatic heterocycles. The molecular weight excluding hydrogens is 230 g/mol. The van der Waals surface area contributed by atoms with Crippen LogP contribution >= 0.6 is 0 Å². The minimum Gasteiger partial charge on any atom is -0.490 e. The van der Waals surface area contributed by atoms with E-state index in [1.807, 2.05) is 32.0 Å². The third-order valence-electron chi connectivity index (χ3n) is 3.11. The summed E-state index contributed by atoms with van der Waals surface area (Å²) in [6, 6.07) is 5.66. The Morgan fingerprint density at radius 2 is 2.00 bits per heavy atom. The van der Waals surface area contributed by atoms with Crippen molar-refractivity contribution in [1.29, 1.82) is 0 Å². The molecule has 1 aromatic carbocycles. The first-order valence-corrected chi connectivity index (χ1v) is 6.53. The van der Waals surface area contributed by atoms with E-state index in [1.54, 1.807) is 0 Å². The fourth-order valence-corrected chi connectivity index (χ4v) is 2.09. The second kappa shape index (κ2) is 6.07. The molecule has 1 aromatic rings. The van der Waals surface area contributed by atoms with Crippen LogP contribution in [-0.4, -0.2) is 30.9 Å². The second-order valence-corrected chi connectivity index (χ2v) is 4.55. The Morgan fingerprint density at radius 1 is 1.28 bits per heavy atom. The van der Waals surface area contributed by atoms with E-state index in [9.17, 15) is 5.11 Å². The molecule has 2 rings (SSSR count). The highest BCUT2D eigenvalue weighted by atomic mass is 16.5. The van der Waals surface area contributed by atoms with Gasteiger partial charge in [-0.1, -0.05) is 13.0 Å². The number of likely N-dealkylation sites (N-methyl/N-ethyl adjacent to an activating group) is 1. The molecule has 0 spiro atoms. The van der Waals surface area contributed by atoms with Crippen molar-refractivity contribution in [1.82, 2.24) is 5.32 Å². The van der Waals surface area contributed by atoms with Crippen molar-refractivity contribution in [2.24, 2.45) is 0 Å². The topological polar surface area (TPSA) is 50.7 Å². The molecule has 2 atom stereocenters. The van der Waals surface area contributed by atoms with Gasteiger partial charge in [0.05, 0.1) is 19.3 Å². The number of ether oxygens (including phenoxy) is 2. The maximum atomic E-state index is 10.2. The Hall–Kier alpha value is -1.26. The van der Waals surface area contributed by atoms with E-state index in [2.05, 4.69) is 5.32 Å². The van der Waals surface area contributed by atoms with Gasteiger partial charge in [0.1, 0.15) is 0 Å². The number of fused-ring (bicyclic) bond motifs is 1. The van der Waals surface area contributed by atoms with Crippen LogP contribution in [0.25, 0.3) is 0 Å². The molecule has 1 aliphatic rings. The van der Waals surface area contributed by atoms with Gasteiger partial charge in [-0.3, -0.25) is 0 Å². The number of aliphatic hydroxyl groups excluding tert-OH is 1. The highest BCUT2D eigenvalue weighted by Gasteiger charge is 2.18. The molecule has 0 saturated carbocycles. The van der Waals surface area contributed by atoms with E-state index in [1.165, 1.54) is 0 Å². The maximum Gasteiger partial charge on any atom is 0.161 e. The lowest BCUT2D eigenvalue weighted by Crippen LogP contribution is -2.31. The smallest absolute Gasteiger partial charge is 0.161 e. The lowest BCUT2D eigenvalue weighted by Gasteiger charge is -2.20. The molecule has 2 unspecified atom stereocenters. The molecule has 100 valence electrons. The number of benzene rings is 1. The normalized spacial score (nSPS) is 17.9. The molecule has 1 heterocycles. The van der Waals surface area contributed by atoms with Gasteiger partial charge in [0.2, 0.25) is 0 Å². The van der Waals surface area contributed by atoms with Crippen LogP contribution < -0.4 is 14.8 Å². The number of aliphatic hydroxyl groups is 1. The Bertz CT molecular complexity index is 395. The van der Waals surface area contributed by atoms with Crippen LogP contribution in [-0.2, 0) is 0 Å². The highest BCUT2D eigenvalue weighted by molar-refractivity contribution is 5.44. The second-order valence-electron chi connectivity index (χ2n) is 4.55. The van der Waals surface area contributed by atoms with Crippen LogP contribution in [0.1, 0.15) is 31.9 Å². The van der Waals surface area contributed by atoms with Gasteiger partial charge in [-0.05, 0) is 31.2 Å². The van der Waals surface area contributed by atoms with Gasteiger partial charge in [-0.15, -0.1) is 0 Å². The Kier molecular flexibility index (Phi) is 4.44. The molecule has 0 radical (unpaired) electrons. The first kappa shape index (κ1) is 13.2. The molecule has 18 heavy (non-hydrogen) atoms. The van der Waals surface area contributed by atoms with Gasteiger partial charge in [0.25, 0.3) is 0 Å². The SMILES string of the molecule is CCNC(C)C(O)c1ccc2c(c1)OCCCO2. The van der Waals surface area contributed by atoms with Crippen molar-refractivity contribution in [3.8, 4) is 11.5 Å². The summed E-state index contributed by atoms with van der Waals surface area (Å²) < 4.78 is 11.2. The number of hydrogen-bond acceptors (Lipinski definition) is 4. The van der Waals surface area contributed by atoms with Crippen LogP contribution in [0.4, 0.5) is 0 Å². The van der Waals surface area contributed by atoms with Gasteiger partial charge in [0, 0.05) is 12.5 Å². The first-order valence-electron chi connectivity index (χ1n) is 6.53. The van der Waals surface area contributed by atoms with Crippen molar-refractivity contribution in [3.05, 3.63) is 23.8 Å². The third kappa shape index (κ3) is 2.94. The van der Waals surface area contributed by atoms with Gasteiger partial charge in [-0.25, -0.2) is 0 Å². The van der Waals surface area contributed by atoms with E-state index in [0.717, 1.165) is 30.0 Å². The minimum atomic E-state index is -0.540. The quantitative estimate of drug-likeness (QED) is 0.858. The molecule has 2 N–H and O–H groups in total. The van der Waals surface area contributed by atoms with Gasteiger partial charge in [-0.2, -0.15) is 0 Å². The van der Waals surface area contributed by atoms with Crippen molar-refractivity contribution < 1.29 is 14.6 Å². The summed E-state index contributed by atoms with van der Waals surface area (Å²) in [4.78, 5) is 0. The predicted octanol–water partition coefficient (Wildman–Crippen LogP) is 1.88. The van der Waals surface area contributed by atoms with Crippen molar-refractivity contribution in [2.75, 3.05) is 19.8 Å². The van der Waals surface area contributed by atoms with Crippen molar-refractivity contribution in [3.63, 3.8) is 0 Å². The van der Waals surface area contributed by atoms with E-state index in [4.69, 9.17) is 9.47 Å². The van der Waals surface area contributed by atoms with Crippen molar-refractivity contribution >= 4 is 0 Å². The van der Waals surface area contributed by atoms with Crippen LogP contribution in [0, 0.1) is 0 Å². The lowest BCUT2D eigenvalue weighted by atomic mass is 10.0. The van der Waals surface area contributed by atoms with Crippen LogP contribution in [0.5, 0.6) is 11.5 Å². The summed E-state index contributed by atoms with van der Waals surface area (Å²) in [5, 5.41) is 13.4. The molecule has 0 fully saturated rings. The molecule has 0 bridgehead atoms. The summed E-state index contributed by atoms with van der Waals surface area (Å²) in [5.74, 6) is 1.49. The van der Waals surface area contributed by atoms with Crippen LogP contribution in [0.15, 0.2) is 18.2 Å². The van der Waals surface area contributed by atoms with Crippen LogP contribution in [0.3, 0.4) is 0 Å². The predicted molar refractivity (Wildman–Crippen MR) is 70.1 cm³/mol. The lowest BCUT2D eigenvalue weighted by molar-refractivity contribution is 0.136. The van der Waals surface area contributed by atoms with Gasteiger partial charge < -0.3 is 19.9 Å². The summed E-state index contributed by atoms with van der Waals surface area (Å²) in [6.45, 7) is 6.18. The summed E-state index contributed by atoms with van der Waals surface area (Å²) in [6.07, 6.45) is 0.350. The molecule has 0 aliphatic carbocycles. The Morgan fingerprint density at radius 3 is 2.72 bits per heavy atom. The van der Waals surface area contributed by atoms with E-state index in [-0.39, 0.29) is 6.04 Å². The summed E-state index contributed by atoms with van der Waals surface area (Å²) in [7, 11) is 0. The van der Waals surface area contributed by atoms with E-state index < -0.39 is 6.10 Å². The summed E-state index contributed by atoms with van der Waals surface area (Å²) in [5.41, 5.74) is 0.854. The summed E-state index contributed by atoms with van der Waals surface area (Å²) >= 11 is 0. The molecule has 0 saturated heterocycles. The average molecular weight is 251 g/mol. The standard InChI is InChI=1S/C14H21NO3/c1-3-15-10(2)14(16)11-5-6-12-13(9-11)18-8-4-7-17-12/h5-6,9-10,14-16H,3-4,7-8H2,1-2H3. The molecule has 0 aromatic heterocycles. The fraction of sp³-hybridized carbons (Fsp3) is 0.571. The monoisotopic (exact) mass is 251 g/mol. The highest BCUT2D eigenvalue weighted by Crippen LogP contribution is 2.32. The van der Waals surface area contributed by atoms with Crippen molar-refractivity contribution in [2.45, 2.75) is 32.4 Å².